The van der Waals surface area contributed by atoms with Crippen LogP contribution in [-0.2, 0) is 11.3 Å². The van der Waals surface area contributed by atoms with Crippen molar-refractivity contribution in [3.8, 4) is 0 Å². The third-order valence-electron chi connectivity index (χ3n) is 2.69. The lowest BCUT2D eigenvalue weighted by Gasteiger charge is -2.12. The first-order valence-corrected chi connectivity index (χ1v) is 6.05. The Bertz CT molecular complexity index is 381. The largest absolute Gasteiger partial charge is 0.383 e. The molecular formula is C12H23N3O2. The van der Waals surface area contributed by atoms with Crippen molar-refractivity contribution < 1.29 is 4.74 Å². The van der Waals surface area contributed by atoms with Crippen LogP contribution < -0.4 is 11.0 Å². The summed E-state index contributed by atoms with van der Waals surface area (Å²) in [5, 5.41) is 3.30. The summed E-state index contributed by atoms with van der Waals surface area (Å²) >= 11 is 0. The number of nitrogens with one attached hydrogen (secondary N) is 1. The molecule has 1 rings (SSSR count). The monoisotopic (exact) mass is 241 g/mol. The van der Waals surface area contributed by atoms with Crippen LogP contribution in [0.2, 0.25) is 0 Å². The molecule has 0 fully saturated rings. The molecule has 0 aliphatic carbocycles. The van der Waals surface area contributed by atoms with Crippen LogP contribution in [-0.4, -0.2) is 35.4 Å². The number of imidazole rings is 1. The van der Waals surface area contributed by atoms with Crippen molar-refractivity contribution in [3.05, 3.63) is 22.9 Å². The number of hydrogen-bond acceptors (Lipinski definition) is 3. The summed E-state index contributed by atoms with van der Waals surface area (Å²) in [5.41, 5.74) is 0.0567. The standard InChI is InChI=1S/C12H23N3O2/c1-10(2)15-8-7-14(12(15)16)6-5-13-11(3)9-17-4/h7-8,10-11,13H,5-6,9H2,1-4H3. The lowest BCUT2D eigenvalue weighted by Crippen LogP contribution is -2.35. The van der Waals surface area contributed by atoms with Gasteiger partial charge in [-0.2, -0.15) is 0 Å². The van der Waals surface area contributed by atoms with E-state index in [0.29, 0.717) is 19.2 Å². The average Bonchev–Trinajstić information content (AvgIpc) is 2.61. The Morgan fingerprint density at radius 3 is 2.59 bits per heavy atom. The molecular weight excluding hydrogens is 218 g/mol. The second-order valence-corrected chi connectivity index (χ2v) is 4.59. The molecule has 0 radical (unpaired) electrons. The van der Waals surface area contributed by atoms with Crippen molar-refractivity contribution >= 4 is 0 Å². The maximum atomic E-state index is 11.9. The Labute approximate surface area is 102 Å². The van der Waals surface area contributed by atoms with Crippen LogP contribution in [0.3, 0.4) is 0 Å². The van der Waals surface area contributed by atoms with E-state index in [0.717, 1.165) is 6.54 Å². The first-order chi connectivity index (χ1) is 8.06. The maximum Gasteiger partial charge on any atom is 0.328 e. The molecule has 0 aromatic carbocycles. The fraction of sp³-hybridized carbons (Fsp3) is 0.750. The third-order valence-corrected chi connectivity index (χ3v) is 2.69. The number of aromatic nitrogens is 2. The molecule has 1 atom stereocenters. The first kappa shape index (κ1) is 14.0. The van der Waals surface area contributed by atoms with E-state index < -0.39 is 0 Å². The normalized spacial score (nSPS) is 13.2. The van der Waals surface area contributed by atoms with Crippen molar-refractivity contribution in [2.45, 2.75) is 39.4 Å². The fourth-order valence-corrected chi connectivity index (χ4v) is 1.73. The summed E-state index contributed by atoms with van der Waals surface area (Å²) in [5.74, 6) is 0. The van der Waals surface area contributed by atoms with Crippen molar-refractivity contribution in [2.24, 2.45) is 0 Å². The van der Waals surface area contributed by atoms with E-state index in [1.54, 1.807) is 16.2 Å². The molecule has 1 aromatic heterocycles. The van der Waals surface area contributed by atoms with Gasteiger partial charge in [-0.05, 0) is 20.8 Å². The van der Waals surface area contributed by atoms with Gasteiger partial charge in [0.05, 0.1) is 6.61 Å². The van der Waals surface area contributed by atoms with Crippen molar-refractivity contribution in [1.82, 2.24) is 14.5 Å². The number of methoxy groups -OCH3 is 1. The van der Waals surface area contributed by atoms with Gasteiger partial charge < -0.3 is 10.1 Å². The zero-order valence-electron chi connectivity index (χ0n) is 11.1. The van der Waals surface area contributed by atoms with Crippen molar-refractivity contribution in [2.75, 3.05) is 20.3 Å². The molecule has 17 heavy (non-hydrogen) atoms. The van der Waals surface area contributed by atoms with E-state index >= 15 is 0 Å². The summed E-state index contributed by atoms with van der Waals surface area (Å²) in [7, 11) is 1.69. The van der Waals surface area contributed by atoms with Gasteiger partial charge in [-0.3, -0.25) is 9.13 Å². The van der Waals surface area contributed by atoms with E-state index in [1.165, 1.54) is 0 Å². The predicted molar refractivity (Wildman–Crippen MR) is 68.4 cm³/mol. The van der Waals surface area contributed by atoms with Crippen molar-refractivity contribution in [3.63, 3.8) is 0 Å². The Hall–Kier alpha value is -1.07. The summed E-state index contributed by atoms with van der Waals surface area (Å²) in [6, 6.07) is 0.520. The molecule has 1 heterocycles. The minimum Gasteiger partial charge on any atom is -0.383 e. The number of ether oxygens (including phenoxy) is 1. The van der Waals surface area contributed by atoms with Crippen LogP contribution in [0.15, 0.2) is 17.2 Å². The van der Waals surface area contributed by atoms with E-state index in [-0.39, 0.29) is 11.7 Å². The lowest BCUT2D eigenvalue weighted by molar-refractivity contribution is 0.172. The van der Waals surface area contributed by atoms with Crippen LogP contribution in [0.4, 0.5) is 0 Å². The second kappa shape index (κ2) is 6.61. The zero-order chi connectivity index (χ0) is 12.8. The Morgan fingerprint density at radius 2 is 2.06 bits per heavy atom. The number of nitrogens with zero attached hydrogens (tertiary/aromatic N) is 2. The molecule has 1 aromatic rings. The molecule has 0 saturated heterocycles. The van der Waals surface area contributed by atoms with Crippen LogP contribution in [0, 0.1) is 0 Å². The van der Waals surface area contributed by atoms with Crippen LogP contribution in [0.1, 0.15) is 26.8 Å². The topological polar surface area (TPSA) is 48.2 Å². The van der Waals surface area contributed by atoms with Gasteiger partial charge in [0.2, 0.25) is 0 Å². The summed E-state index contributed by atoms with van der Waals surface area (Å²) in [4.78, 5) is 11.9. The van der Waals surface area contributed by atoms with Gasteiger partial charge in [0.15, 0.2) is 0 Å². The van der Waals surface area contributed by atoms with Crippen LogP contribution in [0.25, 0.3) is 0 Å². The highest BCUT2D eigenvalue weighted by Crippen LogP contribution is 1.98. The van der Waals surface area contributed by atoms with Gasteiger partial charge in [0, 0.05) is 44.7 Å². The molecule has 1 N–H and O–H groups in total. The minimum absolute atomic E-state index is 0.0567. The number of hydrogen-bond donors (Lipinski definition) is 1. The molecule has 0 bridgehead atoms. The van der Waals surface area contributed by atoms with Gasteiger partial charge in [-0.25, -0.2) is 4.79 Å². The highest BCUT2D eigenvalue weighted by atomic mass is 16.5. The van der Waals surface area contributed by atoms with Gasteiger partial charge in [0.25, 0.3) is 0 Å². The SMILES string of the molecule is COCC(C)NCCn1ccn(C(C)C)c1=O. The smallest absolute Gasteiger partial charge is 0.328 e. The minimum atomic E-state index is 0.0567. The van der Waals surface area contributed by atoms with E-state index in [9.17, 15) is 4.79 Å². The lowest BCUT2D eigenvalue weighted by atomic mass is 10.3. The highest BCUT2D eigenvalue weighted by molar-refractivity contribution is 4.83. The fourth-order valence-electron chi connectivity index (χ4n) is 1.73. The predicted octanol–water partition coefficient (Wildman–Crippen LogP) is 0.855. The summed E-state index contributed by atoms with van der Waals surface area (Å²) < 4.78 is 8.49. The quantitative estimate of drug-likeness (QED) is 0.770. The second-order valence-electron chi connectivity index (χ2n) is 4.59. The first-order valence-electron chi connectivity index (χ1n) is 6.05. The molecule has 0 spiro atoms. The summed E-state index contributed by atoms with van der Waals surface area (Å²) in [6.07, 6.45) is 3.68. The average molecular weight is 241 g/mol. The molecule has 5 nitrogen and oxygen atoms in total. The summed E-state index contributed by atoms with van der Waals surface area (Å²) in [6.45, 7) is 8.21. The number of rotatable bonds is 7. The molecule has 0 saturated carbocycles. The Balaban J connectivity index is 2.45. The van der Waals surface area contributed by atoms with Crippen molar-refractivity contribution in [1.29, 1.82) is 0 Å². The van der Waals surface area contributed by atoms with E-state index in [2.05, 4.69) is 12.2 Å². The molecule has 0 aliphatic rings. The van der Waals surface area contributed by atoms with Gasteiger partial charge >= 0.3 is 5.69 Å². The van der Waals surface area contributed by atoms with Gasteiger partial charge in [-0.15, -0.1) is 0 Å². The highest BCUT2D eigenvalue weighted by Gasteiger charge is 2.06. The maximum absolute atomic E-state index is 11.9. The van der Waals surface area contributed by atoms with E-state index in [1.807, 2.05) is 26.2 Å². The molecule has 0 amide bonds. The van der Waals surface area contributed by atoms with Gasteiger partial charge in [-0.1, -0.05) is 0 Å². The Kier molecular flexibility index (Phi) is 5.44. The molecule has 1 unspecified atom stereocenters. The van der Waals surface area contributed by atoms with Crippen LogP contribution >= 0.6 is 0 Å². The Morgan fingerprint density at radius 1 is 1.35 bits per heavy atom. The molecule has 5 heteroatoms. The third kappa shape index (κ3) is 4.02. The van der Waals surface area contributed by atoms with E-state index in [4.69, 9.17) is 4.74 Å². The molecule has 98 valence electrons. The molecule has 0 aliphatic heterocycles. The van der Waals surface area contributed by atoms with Gasteiger partial charge in [0.1, 0.15) is 0 Å². The van der Waals surface area contributed by atoms with Crippen LogP contribution in [0.5, 0.6) is 0 Å². The zero-order valence-corrected chi connectivity index (χ0v) is 11.1.